The summed E-state index contributed by atoms with van der Waals surface area (Å²) < 4.78 is 1.82. The van der Waals surface area contributed by atoms with Gasteiger partial charge in [-0.05, 0) is 19.4 Å². The van der Waals surface area contributed by atoms with Crippen LogP contribution in [0.2, 0.25) is 5.02 Å². The zero-order valence-electron chi connectivity index (χ0n) is 11.4. The molecule has 0 radical (unpaired) electrons. The highest BCUT2D eigenvalue weighted by atomic mass is 35.5. The van der Waals surface area contributed by atoms with E-state index in [1.54, 1.807) is 0 Å². The molecule has 5 heteroatoms. The van der Waals surface area contributed by atoms with E-state index in [1.807, 2.05) is 24.7 Å². The average Bonchev–Trinajstić information content (AvgIpc) is 2.61. The SMILES string of the molecule is Cc1cccc(C(Cc2c(Cl)c(C)nn2C)NN)c1. The van der Waals surface area contributed by atoms with Gasteiger partial charge in [-0.1, -0.05) is 41.4 Å². The first kappa shape index (κ1) is 14.1. The van der Waals surface area contributed by atoms with Gasteiger partial charge in [-0.2, -0.15) is 5.10 Å². The van der Waals surface area contributed by atoms with Crippen molar-refractivity contribution in [3.8, 4) is 0 Å². The molecule has 1 aromatic heterocycles. The molecule has 0 aliphatic heterocycles. The zero-order chi connectivity index (χ0) is 14.0. The van der Waals surface area contributed by atoms with Crippen LogP contribution in [0.1, 0.15) is 28.6 Å². The van der Waals surface area contributed by atoms with Gasteiger partial charge in [0.2, 0.25) is 0 Å². The van der Waals surface area contributed by atoms with Crippen LogP contribution in [0.4, 0.5) is 0 Å². The van der Waals surface area contributed by atoms with E-state index >= 15 is 0 Å². The van der Waals surface area contributed by atoms with Crippen LogP contribution in [0.5, 0.6) is 0 Å². The van der Waals surface area contributed by atoms with E-state index in [4.69, 9.17) is 17.4 Å². The molecule has 1 heterocycles. The summed E-state index contributed by atoms with van der Waals surface area (Å²) in [6, 6.07) is 8.31. The van der Waals surface area contributed by atoms with E-state index in [0.29, 0.717) is 6.42 Å². The van der Waals surface area contributed by atoms with Crippen molar-refractivity contribution in [2.24, 2.45) is 12.9 Å². The number of rotatable bonds is 4. The van der Waals surface area contributed by atoms with Crippen molar-refractivity contribution in [1.29, 1.82) is 0 Å². The van der Waals surface area contributed by atoms with Crippen molar-refractivity contribution in [1.82, 2.24) is 15.2 Å². The predicted octanol–water partition coefficient (Wildman–Crippen LogP) is 2.44. The Bertz CT molecular complexity index is 577. The highest BCUT2D eigenvalue weighted by Crippen LogP contribution is 2.25. The molecule has 0 bridgehead atoms. The first-order valence-corrected chi connectivity index (χ1v) is 6.61. The standard InChI is InChI=1S/C14H19ClN4/c1-9-5-4-6-11(7-9)12(17-16)8-13-14(15)10(2)18-19(13)3/h4-7,12,17H,8,16H2,1-3H3. The van der Waals surface area contributed by atoms with Crippen LogP contribution in [-0.4, -0.2) is 9.78 Å². The molecule has 2 rings (SSSR count). The second-order valence-corrected chi connectivity index (χ2v) is 5.19. The summed E-state index contributed by atoms with van der Waals surface area (Å²) in [7, 11) is 1.90. The number of hydrazine groups is 1. The zero-order valence-corrected chi connectivity index (χ0v) is 12.2. The maximum absolute atomic E-state index is 6.28. The molecule has 0 saturated carbocycles. The molecule has 1 unspecified atom stereocenters. The lowest BCUT2D eigenvalue weighted by atomic mass is 10.0. The summed E-state index contributed by atoms with van der Waals surface area (Å²) in [5.41, 5.74) is 7.06. The molecule has 3 N–H and O–H groups in total. The monoisotopic (exact) mass is 278 g/mol. The lowest BCUT2D eigenvalue weighted by Gasteiger charge is -2.17. The number of aromatic nitrogens is 2. The summed E-state index contributed by atoms with van der Waals surface area (Å²) in [6.07, 6.45) is 0.704. The van der Waals surface area contributed by atoms with E-state index in [2.05, 4.69) is 35.6 Å². The Kier molecular flexibility index (Phi) is 4.24. The van der Waals surface area contributed by atoms with Crippen LogP contribution in [0.15, 0.2) is 24.3 Å². The summed E-state index contributed by atoms with van der Waals surface area (Å²) in [6.45, 7) is 3.97. The highest BCUT2D eigenvalue weighted by molar-refractivity contribution is 6.31. The van der Waals surface area contributed by atoms with Gasteiger partial charge in [-0.25, -0.2) is 0 Å². The molecule has 102 valence electrons. The van der Waals surface area contributed by atoms with Gasteiger partial charge in [0.15, 0.2) is 0 Å². The van der Waals surface area contributed by atoms with Gasteiger partial charge in [0.05, 0.1) is 22.5 Å². The molecule has 0 aliphatic carbocycles. The molecule has 0 aliphatic rings. The van der Waals surface area contributed by atoms with E-state index in [9.17, 15) is 0 Å². The minimum atomic E-state index is 0.0206. The van der Waals surface area contributed by atoms with Crippen molar-refractivity contribution >= 4 is 11.6 Å². The number of benzene rings is 1. The third kappa shape index (κ3) is 2.97. The largest absolute Gasteiger partial charge is 0.271 e. The Morgan fingerprint density at radius 1 is 1.42 bits per heavy atom. The third-order valence-electron chi connectivity index (χ3n) is 3.30. The van der Waals surface area contributed by atoms with Crippen LogP contribution < -0.4 is 11.3 Å². The lowest BCUT2D eigenvalue weighted by molar-refractivity contribution is 0.530. The van der Waals surface area contributed by atoms with Gasteiger partial charge in [0, 0.05) is 13.5 Å². The topological polar surface area (TPSA) is 55.9 Å². The summed E-state index contributed by atoms with van der Waals surface area (Å²) in [5.74, 6) is 5.69. The molecule has 4 nitrogen and oxygen atoms in total. The Balaban J connectivity index is 2.29. The fourth-order valence-electron chi connectivity index (χ4n) is 2.26. The fraction of sp³-hybridized carbons (Fsp3) is 0.357. The highest BCUT2D eigenvalue weighted by Gasteiger charge is 2.17. The molecule has 2 aromatic rings. The van der Waals surface area contributed by atoms with Gasteiger partial charge in [-0.15, -0.1) is 0 Å². The molecule has 19 heavy (non-hydrogen) atoms. The normalized spacial score (nSPS) is 12.7. The van der Waals surface area contributed by atoms with Crippen LogP contribution >= 0.6 is 11.6 Å². The Hall–Kier alpha value is -1.36. The number of nitrogens with two attached hydrogens (primary N) is 1. The molecule has 1 atom stereocenters. The first-order valence-electron chi connectivity index (χ1n) is 6.23. The number of nitrogens with one attached hydrogen (secondary N) is 1. The molecule has 0 spiro atoms. The number of halogens is 1. The smallest absolute Gasteiger partial charge is 0.0847 e. The second-order valence-electron chi connectivity index (χ2n) is 4.81. The summed E-state index contributed by atoms with van der Waals surface area (Å²) >= 11 is 6.28. The molecule has 0 amide bonds. The van der Waals surface area contributed by atoms with Gasteiger partial charge >= 0.3 is 0 Å². The minimum absolute atomic E-state index is 0.0206. The van der Waals surface area contributed by atoms with Crippen LogP contribution in [-0.2, 0) is 13.5 Å². The molecular formula is C14H19ClN4. The van der Waals surface area contributed by atoms with Crippen LogP contribution in [0.25, 0.3) is 0 Å². The predicted molar refractivity (Wildman–Crippen MR) is 77.9 cm³/mol. The van der Waals surface area contributed by atoms with Gasteiger partial charge in [0.25, 0.3) is 0 Å². The van der Waals surface area contributed by atoms with Gasteiger partial charge < -0.3 is 0 Å². The van der Waals surface area contributed by atoms with Gasteiger partial charge in [0.1, 0.15) is 0 Å². The van der Waals surface area contributed by atoms with E-state index < -0.39 is 0 Å². The number of nitrogens with zero attached hydrogens (tertiary/aromatic N) is 2. The van der Waals surface area contributed by atoms with Crippen molar-refractivity contribution in [2.45, 2.75) is 26.3 Å². The van der Waals surface area contributed by atoms with Crippen LogP contribution in [0, 0.1) is 13.8 Å². The second kappa shape index (κ2) is 5.74. The van der Waals surface area contributed by atoms with Crippen LogP contribution in [0.3, 0.4) is 0 Å². The Morgan fingerprint density at radius 3 is 2.68 bits per heavy atom. The van der Waals surface area contributed by atoms with Gasteiger partial charge in [-0.3, -0.25) is 16.0 Å². The quantitative estimate of drug-likeness (QED) is 0.667. The first-order chi connectivity index (χ1) is 9.02. The molecule has 0 saturated heterocycles. The van der Waals surface area contributed by atoms with Crippen molar-refractivity contribution in [2.75, 3.05) is 0 Å². The maximum Gasteiger partial charge on any atom is 0.0847 e. The maximum atomic E-state index is 6.28. The van der Waals surface area contributed by atoms with E-state index in [0.717, 1.165) is 22.0 Å². The molecular weight excluding hydrogens is 260 g/mol. The number of hydrogen-bond acceptors (Lipinski definition) is 3. The lowest BCUT2D eigenvalue weighted by Crippen LogP contribution is -2.30. The molecule has 0 fully saturated rings. The Labute approximate surface area is 118 Å². The molecule has 1 aromatic carbocycles. The van der Waals surface area contributed by atoms with E-state index in [-0.39, 0.29) is 6.04 Å². The average molecular weight is 279 g/mol. The summed E-state index contributed by atoms with van der Waals surface area (Å²) in [5, 5.41) is 5.04. The fourth-order valence-corrected chi connectivity index (χ4v) is 2.49. The number of aryl methyl sites for hydroxylation is 3. The van der Waals surface area contributed by atoms with Crippen molar-refractivity contribution in [3.63, 3.8) is 0 Å². The number of hydrogen-bond donors (Lipinski definition) is 2. The summed E-state index contributed by atoms with van der Waals surface area (Å²) in [4.78, 5) is 0. The van der Waals surface area contributed by atoms with Crippen molar-refractivity contribution < 1.29 is 0 Å². The van der Waals surface area contributed by atoms with E-state index in [1.165, 1.54) is 5.56 Å². The Morgan fingerprint density at radius 2 is 2.16 bits per heavy atom. The third-order valence-corrected chi connectivity index (χ3v) is 3.80. The van der Waals surface area contributed by atoms with Crippen molar-refractivity contribution in [3.05, 3.63) is 51.8 Å². The minimum Gasteiger partial charge on any atom is -0.271 e.